The largest absolute Gasteiger partial charge is 0.309 e. The lowest BCUT2D eigenvalue weighted by Crippen LogP contribution is -2.25. The second kappa shape index (κ2) is 12.7. The first-order valence-electron chi connectivity index (χ1n) is 23.3. The van der Waals surface area contributed by atoms with Gasteiger partial charge in [-0.25, -0.2) is 0 Å². The van der Waals surface area contributed by atoms with Crippen molar-refractivity contribution >= 4 is 43.6 Å². The van der Waals surface area contributed by atoms with E-state index in [0.29, 0.717) is 0 Å². The quantitative estimate of drug-likeness (QED) is 0.168. The highest BCUT2D eigenvalue weighted by molar-refractivity contribution is 6.14. The molecule has 0 fully saturated rings. The van der Waals surface area contributed by atoms with Gasteiger partial charge in [0.1, 0.15) is 0 Å². The van der Waals surface area contributed by atoms with Crippen molar-refractivity contribution in [1.82, 2.24) is 9.13 Å². The first kappa shape index (κ1) is 36.2. The van der Waals surface area contributed by atoms with E-state index in [4.69, 9.17) is 0 Å². The molecule has 2 heterocycles. The van der Waals surface area contributed by atoms with Crippen molar-refractivity contribution in [3.63, 3.8) is 0 Å². The van der Waals surface area contributed by atoms with E-state index in [1.807, 2.05) is 0 Å². The van der Waals surface area contributed by atoms with Crippen molar-refractivity contribution in [3.05, 3.63) is 252 Å². The van der Waals surface area contributed by atoms with E-state index in [2.05, 4.69) is 241 Å². The van der Waals surface area contributed by atoms with Crippen LogP contribution in [0.5, 0.6) is 0 Å². The summed E-state index contributed by atoms with van der Waals surface area (Å²) in [6, 6.07) is 82.4. The Morgan fingerprint density at radius 2 is 0.803 bits per heavy atom. The average molecular weight is 839 g/mol. The molecule has 2 heteroatoms. The molecule has 1 spiro atoms. The molecule has 0 amide bonds. The Hall–Kier alpha value is -8.20. The summed E-state index contributed by atoms with van der Waals surface area (Å²) in [6.45, 7) is 4.76. The second-order valence-electron chi connectivity index (χ2n) is 19.2. The van der Waals surface area contributed by atoms with Gasteiger partial charge in [-0.05, 0) is 139 Å². The zero-order valence-electron chi connectivity index (χ0n) is 36.7. The average Bonchev–Trinajstić information content (AvgIpc) is 4.12. The molecule has 0 aliphatic heterocycles. The Balaban J connectivity index is 0.987. The summed E-state index contributed by atoms with van der Waals surface area (Å²) in [5.41, 5.74) is 25.4. The van der Waals surface area contributed by atoms with Gasteiger partial charge in [-0.15, -0.1) is 0 Å². The van der Waals surface area contributed by atoms with E-state index in [0.717, 1.165) is 11.4 Å². The number of benzene rings is 10. The molecule has 15 rings (SSSR count). The molecular weight excluding hydrogens is 797 g/mol. The maximum atomic E-state index is 2.51. The first-order valence-corrected chi connectivity index (χ1v) is 23.3. The Kier molecular flexibility index (Phi) is 6.98. The van der Waals surface area contributed by atoms with Crippen LogP contribution >= 0.6 is 0 Å². The minimum atomic E-state index is -0.391. The fourth-order valence-corrected chi connectivity index (χ4v) is 13.0. The van der Waals surface area contributed by atoms with Crippen molar-refractivity contribution in [3.8, 4) is 55.9 Å². The number of hydrogen-bond acceptors (Lipinski definition) is 0. The number of rotatable bonds is 3. The molecule has 66 heavy (non-hydrogen) atoms. The first-order chi connectivity index (χ1) is 32.5. The highest BCUT2D eigenvalue weighted by Crippen LogP contribution is 2.64. The number of nitrogens with zero attached hydrogens (tertiary/aromatic N) is 2. The third-order valence-electron chi connectivity index (χ3n) is 15.7. The molecule has 0 N–H and O–H groups in total. The van der Waals surface area contributed by atoms with Gasteiger partial charge in [-0.3, -0.25) is 0 Å². The zero-order chi connectivity index (χ0) is 43.5. The molecule has 2 nitrogen and oxygen atoms in total. The molecule has 0 atom stereocenters. The van der Waals surface area contributed by atoms with Crippen molar-refractivity contribution in [1.29, 1.82) is 0 Å². The van der Waals surface area contributed by atoms with E-state index >= 15 is 0 Å². The summed E-state index contributed by atoms with van der Waals surface area (Å²) in [5.74, 6) is 0. The summed E-state index contributed by atoms with van der Waals surface area (Å²) < 4.78 is 4.96. The van der Waals surface area contributed by atoms with Gasteiger partial charge in [0.15, 0.2) is 0 Å². The standard InChI is InChI=1S/C64H42N2/c1-63(2)52-25-11-6-21-45(52)48-37-51-46-22-10-15-30-58(46)66(61(51)38-57(48)63)41-32-34-60-50(36-41)49-35-39(31-33-59(49)65(60)40-17-4-3-5-18-40)42-24-16-29-56-62(42)47-23-9-14-28-55(47)64(56)53-26-12-7-19-43(53)44-20-8-13-27-54(44)64/h3-38H,1-2H3. The maximum absolute atomic E-state index is 2.51. The van der Waals surface area contributed by atoms with E-state index < -0.39 is 5.41 Å². The van der Waals surface area contributed by atoms with Crippen LogP contribution in [0.3, 0.4) is 0 Å². The van der Waals surface area contributed by atoms with Gasteiger partial charge in [0.2, 0.25) is 0 Å². The van der Waals surface area contributed by atoms with Gasteiger partial charge >= 0.3 is 0 Å². The zero-order valence-corrected chi connectivity index (χ0v) is 36.7. The molecule has 0 saturated heterocycles. The van der Waals surface area contributed by atoms with Crippen molar-refractivity contribution < 1.29 is 0 Å². The van der Waals surface area contributed by atoms with Crippen LogP contribution in [0.4, 0.5) is 0 Å². The third kappa shape index (κ3) is 4.42. The van der Waals surface area contributed by atoms with Gasteiger partial charge in [-0.2, -0.15) is 0 Å². The van der Waals surface area contributed by atoms with Crippen molar-refractivity contribution in [2.45, 2.75) is 24.7 Å². The SMILES string of the molecule is CC1(C)c2ccccc2-c2cc3c4ccccc4n(-c4ccc5c(c4)c4cc(-c6cccc7c6-c6ccccc6C76c7ccccc7-c7ccccc76)ccc4n5-c4ccccc4)c3cc21. The number of fused-ring (bicyclic) bond motifs is 19. The van der Waals surface area contributed by atoms with Crippen LogP contribution in [0.15, 0.2) is 218 Å². The molecule has 0 saturated carbocycles. The van der Waals surface area contributed by atoms with Crippen LogP contribution in [0.2, 0.25) is 0 Å². The van der Waals surface area contributed by atoms with E-state index in [-0.39, 0.29) is 5.41 Å². The monoisotopic (exact) mass is 838 g/mol. The lowest BCUT2D eigenvalue weighted by molar-refractivity contribution is 0.661. The fourth-order valence-electron chi connectivity index (χ4n) is 13.0. The van der Waals surface area contributed by atoms with Crippen LogP contribution in [0, 0.1) is 0 Å². The molecule has 10 aromatic carbocycles. The number of para-hydroxylation sites is 2. The Bertz CT molecular complexity index is 4040. The Morgan fingerprint density at radius 1 is 0.288 bits per heavy atom. The lowest BCUT2D eigenvalue weighted by Gasteiger charge is -2.30. The number of hydrogen-bond donors (Lipinski definition) is 0. The predicted octanol–water partition coefficient (Wildman–Crippen LogP) is 16.2. The van der Waals surface area contributed by atoms with Gasteiger partial charge in [0, 0.05) is 38.3 Å². The topological polar surface area (TPSA) is 9.86 Å². The van der Waals surface area contributed by atoms with Gasteiger partial charge in [0.25, 0.3) is 0 Å². The Morgan fingerprint density at radius 3 is 1.55 bits per heavy atom. The molecule has 0 radical (unpaired) electrons. The van der Waals surface area contributed by atoms with Crippen molar-refractivity contribution in [2.24, 2.45) is 0 Å². The molecule has 3 aliphatic carbocycles. The van der Waals surface area contributed by atoms with E-state index in [1.54, 1.807) is 0 Å². The summed E-state index contributed by atoms with van der Waals surface area (Å²) >= 11 is 0. The molecule has 0 unspecified atom stereocenters. The predicted molar refractivity (Wildman–Crippen MR) is 274 cm³/mol. The fraction of sp³-hybridized carbons (Fsp3) is 0.0625. The third-order valence-corrected chi connectivity index (χ3v) is 15.7. The smallest absolute Gasteiger partial charge is 0.0725 e. The molecule has 12 aromatic rings. The maximum Gasteiger partial charge on any atom is 0.0725 e. The molecule has 3 aliphatic rings. The van der Waals surface area contributed by atoms with Crippen LogP contribution in [0.1, 0.15) is 47.2 Å². The highest BCUT2D eigenvalue weighted by atomic mass is 15.0. The van der Waals surface area contributed by atoms with Crippen LogP contribution in [-0.4, -0.2) is 9.13 Å². The van der Waals surface area contributed by atoms with Crippen LogP contribution in [0.25, 0.3) is 99.5 Å². The van der Waals surface area contributed by atoms with Crippen LogP contribution < -0.4 is 0 Å². The van der Waals surface area contributed by atoms with Crippen LogP contribution in [-0.2, 0) is 10.8 Å². The second-order valence-corrected chi connectivity index (χ2v) is 19.2. The van der Waals surface area contributed by atoms with Gasteiger partial charge < -0.3 is 9.13 Å². The Labute approximate surface area is 383 Å². The summed E-state index contributed by atoms with van der Waals surface area (Å²) in [4.78, 5) is 0. The van der Waals surface area contributed by atoms with Crippen molar-refractivity contribution in [2.75, 3.05) is 0 Å². The van der Waals surface area contributed by atoms with E-state index in [1.165, 1.54) is 122 Å². The minimum absolute atomic E-state index is 0.104. The molecule has 2 aromatic heterocycles. The van der Waals surface area contributed by atoms with E-state index in [9.17, 15) is 0 Å². The highest BCUT2D eigenvalue weighted by Gasteiger charge is 2.52. The van der Waals surface area contributed by atoms with Gasteiger partial charge in [0.05, 0.1) is 27.5 Å². The molecular formula is C64H42N2. The minimum Gasteiger partial charge on any atom is -0.309 e. The molecule has 308 valence electrons. The summed E-state index contributed by atoms with van der Waals surface area (Å²) in [7, 11) is 0. The lowest BCUT2D eigenvalue weighted by atomic mass is 9.70. The summed E-state index contributed by atoms with van der Waals surface area (Å²) in [5, 5.41) is 5.03. The number of aromatic nitrogens is 2. The normalized spacial score (nSPS) is 14.5. The summed E-state index contributed by atoms with van der Waals surface area (Å²) in [6.07, 6.45) is 0. The molecule has 0 bridgehead atoms. The van der Waals surface area contributed by atoms with Gasteiger partial charge in [-0.1, -0.05) is 172 Å².